The van der Waals surface area contributed by atoms with Gasteiger partial charge in [0.2, 0.25) is 0 Å². The largest absolute Gasteiger partial charge is 0.461 e. The predicted octanol–water partition coefficient (Wildman–Crippen LogP) is 3.63. The Bertz CT molecular complexity index is 374. The molecule has 0 aliphatic carbocycles. The molecule has 1 saturated heterocycles. The zero-order valence-electron chi connectivity index (χ0n) is 15.0. The van der Waals surface area contributed by atoms with Crippen LogP contribution in [0.25, 0.3) is 0 Å². The first kappa shape index (κ1) is 21.0. The fourth-order valence-electron chi connectivity index (χ4n) is 2.93. The average molecular weight is 338 g/mol. The Morgan fingerprint density at radius 2 is 1.71 bits per heavy atom. The van der Waals surface area contributed by atoms with Crippen LogP contribution in [0, 0.1) is 0 Å². The highest BCUT2D eigenvalue weighted by molar-refractivity contribution is 5.98. The molecule has 1 aliphatic rings. The van der Waals surface area contributed by atoms with Crippen molar-refractivity contribution in [2.24, 2.45) is 0 Å². The first-order valence-electron chi connectivity index (χ1n) is 9.31. The summed E-state index contributed by atoms with van der Waals surface area (Å²) in [4.78, 5) is 23.1. The number of cyclic esters (lactones) is 1. The lowest BCUT2D eigenvalue weighted by atomic mass is 10.0. The fourth-order valence-corrected chi connectivity index (χ4v) is 2.93. The maximum Gasteiger partial charge on any atom is 0.306 e. The molecule has 1 aliphatic heterocycles. The summed E-state index contributed by atoms with van der Waals surface area (Å²) in [6.07, 6.45) is 12.0. The molecule has 6 heteroatoms. The molecule has 1 unspecified atom stereocenters. The molecule has 1 rings (SSSR count). The zero-order valence-corrected chi connectivity index (χ0v) is 15.0. The van der Waals surface area contributed by atoms with E-state index in [1.807, 2.05) is 0 Å². The first-order valence-corrected chi connectivity index (χ1v) is 9.31. The molecule has 0 amide bonds. The van der Waals surface area contributed by atoms with Gasteiger partial charge in [-0.15, -0.1) is 0 Å². The van der Waals surface area contributed by atoms with Crippen LogP contribution in [0.3, 0.4) is 0 Å². The number of carbonyl (C=O) groups excluding carboxylic acids is 2. The number of carbonyl (C=O) groups is 2. The lowest BCUT2D eigenvalue weighted by molar-refractivity contribution is -0.165. The van der Waals surface area contributed by atoms with Gasteiger partial charge >= 0.3 is 11.9 Å². The van der Waals surface area contributed by atoms with Gasteiger partial charge in [-0.3, -0.25) is 9.59 Å². The number of esters is 2. The van der Waals surface area contributed by atoms with Crippen molar-refractivity contribution < 1.29 is 23.7 Å². The van der Waals surface area contributed by atoms with Crippen molar-refractivity contribution in [2.45, 2.75) is 89.6 Å². The molecule has 1 heterocycles. The quantitative estimate of drug-likeness (QED) is 0.275. The van der Waals surface area contributed by atoms with E-state index in [1.165, 1.54) is 44.9 Å². The molecule has 0 aromatic rings. The Morgan fingerprint density at radius 3 is 2.25 bits per heavy atom. The van der Waals surface area contributed by atoms with Crippen LogP contribution in [-0.4, -0.2) is 38.8 Å². The topological polar surface area (TPSA) is 61.8 Å². The minimum absolute atomic E-state index is 0.0200. The molecule has 136 valence electrons. The van der Waals surface area contributed by atoms with Gasteiger partial charge in [0, 0.05) is 19.3 Å². The van der Waals surface area contributed by atoms with E-state index in [1.54, 1.807) is 0 Å². The summed E-state index contributed by atoms with van der Waals surface area (Å²) in [7, 11) is 5.08. The van der Waals surface area contributed by atoms with E-state index in [4.69, 9.17) is 17.5 Å². The normalized spacial score (nSPS) is 20.1. The van der Waals surface area contributed by atoms with Crippen molar-refractivity contribution in [3.05, 3.63) is 0 Å². The van der Waals surface area contributed by atoms with E-state index >= 15 is 0 Å². The van der Waals surface area contributed by atoms with Gasteiger partial charge in [-0.25, -0.2) is 0 Å². The van der Waals surface area contributed by atoms with Crippen LogP contribution in [0.15, 0.2) is 0 Å². The summed E-state index contributed by atoms with van der Waals surface area (Å²) in [5.74, 6) is -0.556. The highest BCUT2D eigenvalue weighted by atomic mass is 16.6. The summed E-state index contributed by atoms with van der Waals surface area (Å²) in [6, 6.07) is 0. The summed E-state index contributed by atoms with van der Waals surface area (Å²) >= 11 is 0. The Morgan fingerprint density at radius 1 is 1.08 bits per heavy atom. The van der Waals surface area contributed by atoms with Crippen molar-refractivity contribution in [1.82, 2.24) is 0 Å². The Hall–Kier alpha value is -1.04. The van der Waals surface area contributed by atoms with Gasteiger partial charge in [0.1, 0.15) is 6.61 Å². The molecule has 24 heavy (non-hydrogen) atoms. The zero-order chi connectivity index (χ0) is 17.7. The van der Waals surface area contributed by atoms with Crippen LogP contribution in [0.2, 0.25) is 0 Å². The Kier molecular flexibility index (Phi) is 10.8. The smallest absolute Gasteiger partial charge is 0.306 e. The van der Waals surface area contributed by atoms with Crippen molar-refractivity contribution in [3.8, 4) is 0 Å². The lowest BCUT2D eigenvalue weighted by Gasteiger charge is -2.26. The number of rotatable bonds is 14. The van der Waals surface area contributed by atoms with Crippen molar-refractivity contribution in [3.63, 3.8) is 0 Å². The van der Waals surface area contributed by atoms with Crippen LogP contribution in [0.4, 0.5) is 0 Å². The summed E-state index contributed by atoms with van der Waals surface area (Å²) in [5, 5.41) is 0. The van der Waals surface area contributed by atoms with Gasteiger partial charge in [0.15, 0.2) is 5.60 Å². The Balaban J connectivity index is 2.04. The van der Waals surface area contributed by atoms with Gasteiger partial charge in [-0.05, 0) is 6.42 Å². The standard InChI is InChI=1S/C18H31BO5/c1-2-3-4-5-6-7-8-9-10-11-16(20)22-14-18(15-23-19)13-12-17(21)24-18/h2-15H2,1H3. The van der Waals surface area contributed by atoms with Crippen molar-refractivity contribution in [1.29, 1.82) is 0 Å². The molecule has 2 radical (unpaired) electrons. The van der Waals surface area contributed by atoms with E-state index in [9.17, 15) is 9.59 Å². The van der Waals surface area contributed by atoms with Gasteiger partial charge < -0.3 is 14.1 Å². The summed E-state index contributed by atoms with van der Waals surface area (Å²) in [5.41, 5.74) is -0.903. The predicted molar refractivity (Wildman–Crippen MR) is 92.6 cm³/mol. The maximum absolute atomic E-state index is 11.8. The van der Waals surface area contributed by atoms with Crippen LogP contribution >= 0.6 is 0 Å². The third-order valence-corrected chi connectivity index (χ3v) is 4.44. The van der Waals surface area contributed by atoms with Gasteiger partial charge in [0.05, 0.1) is 6.61 Å². The second-order valence-electron chi connectivity index (χ2n) is 6.71. The number of ether oxygens (including phenoxy) is 2. The number of unbranched alkanes of at least 4 members (excludes halogenated alkanes) is 8. The minimum Gasteiger partial charge on any atom is -0.461 e. The van der Waals surface area contributed by atoms with E-state index in [-0.39, 0.29) is 25.2 Å². The second kappa shape index (κ2) is 12.3. The second-order valence-corrected chi connectivity index (χ2v) is 6.71. The van der Waals surface area contributed by atoms with Crippen molar-refractivity contribution in [2.75, 3.05) is 13.2 Å². The first-order chi connectivity index (χ1) is 11.6. The molecule has 5 nitrogen and oxygen atoms in total. The average Bonchev–Trinajstić information content (AvgIpc) is 2.93. The summed E-state index contributed by atoms with van der Waals surface area (Å²) < 4.78 is 15.1. The van der Waals surface area contributed by atoms with Crippen molar-refractivity contribution >= 4 is 20.0 Å². The van der Waals surface area contributed by atoms with E-state index < -0.39 is 5.60 Å². The molecule has 1 fully saturated rings. The highest BCUT2D eigenvalue weighted by Crippen LogP contribution is 2.27. The third-order valence-electron chi connectivity index (χ3n) is 4.44. The van der Waals surface area contributed by atoms with Crippen LogP contribution in [0.5, 0.6) is 0 Å². The SMILES string of the molecule is [B]OCC1(COC(=O)CCCCCCCCCCC)CCC(=O)O1. The van der Waals surface area contributed by atoms with E-state index in [0.717, 1.165) is 12.8 Å². The van der Waals surface area contributed by atoms with Gasteiger partial charge in [-0.2, -0.15) is 0 Å². The lowest BCUT2D eigenvalue weighted by Crippen LogP contribution is -2.40. The molecule has 0 bridgehead atoms. The van der Waals surface area contributed by atoms with E-state index in [0.29, 0.717) is 19.3 Å². The molecule has 0 aromatic heterocycles. The molecule has 1 atom stereocenters. The molecule has 0 spiro atoms. The minimum atomic E-state index is -0.903. The molecular weight excluding hydrogens is 307 g/mol. The van der Waals surface area contributed by atoms with E-state index in [2.05, 4.69) is 11.6 Å². The third kappa shape index (κ3) is 8.72. The van der Waals surface area contributed by atoms with Gasteiger partial charge in [-0.1, -0.05) is 58.3 Å². The molecule has 0 aromatic carbocycles. The highest BCUT2D eigenvalue weighted by Gasteiger charge is 2.41. The monoisotopic (exact) mass is 338 g/mol. The number of hydrogen-bond acceptors (Lipinski definition) is 5. The van der Waals surface area contributed by atoms with Crippen LogP contribution < -0.4 is 0 Å². The van der Waals surface area contributed by atoms with Gasteiger partial charge in [0.25, 0.3) is 8.05 Å². The summed E-state index contributed by atoms with van der Waals surface area (Å²) in [6.45, 7) is 2.29. The Labute approximate surface area is 147 Å². The van der Waals surface area contributed by atoms with Crippen LogP contribution in [0.1, 0.15) is 84.0 Å². The molecule has 0 saturated carbocycles. The van der Waals surface area contributed by atoms with Crippen LogP contribution in [-0.2, 0) is 23.7 Å². The molecule has 0 N–H and O–H groups in total. The molecular formula is C18H31BO5. The maximum atomic E-state index is 11.8. The fraction of sp³-hybridized carbons (Fsp3) is 0.889. The number of hydrogen-bond donors (Lipinski definition) is 0.